The van der Waals surface area contributed by atoms with Gasteiger partial charge in [0, 0.05) is 42.0 Å². The van der Waals surface area contributed by atoms with Crippen LogP contribution in [0.15, 0.2) is 48.5 Å². The van der Waals surface area contributed by atoms with Crippen LogP contribution in [-0.2, 0) is 11.2 Å². The van der Waals surface area contributed by atoms with Gasteiger partial charge in [-0.25, -0.2) is 4.98 Å². The second kappa shape index (κ2) is 10.7. The average Bonchev–Trinajstić information content (AvgIpc) is 2.85. The summed E-state index contributed by atoms with van der Waals surface area (Å²) >= 11 is 0. The molecule has 7 heteroatoms. The van der Waals surface area contributed by atoms with Crippen LogP contribution in [-0.4, -0.2) is 43.7 Å². The van der Waals surface area contributed by atoms with E-state index in [1.807, 2.05) is 36.4 Å². The Labute approximate surface area is 199 Å². The van der Waals surface area contributed by atoms with Crippen LogP contribution in [0.5, 0.6) is 0 Å². The maximum absolute atomic E-state index is 14.7. The molecule has 0 bridgehead atoms. The maximum Gasteiger partial charge on any atom is 0.251 e. The van der Waals surface area contributed by atoms with Crippen molar-refractivity contribution in [1.29, 1.82) is 0 Å². The number of nitrogen functional groups attached to an aromatic ring is 1. The number of hydrogen-bond donors (Lipinski definition) is 2. The molecule has 0 saturated carbocycles. The lowest BCUT2D eigenvalue weighted by Crippen LogP contribution is -2.36. The predicted molar refractivity (Wildman–Crippen MR) is 135 cm³/mol. The molecule has 0 aliphatic carbocycles. The van der Waals surface area contributed by atoms with Gasteiger partial charge in [-0.1, -0.05) is 44.5 Å². The number of pyridine rings is 1. The number of nitrogens with zero attached hydrogens (tertiary/aromatic N) is 2. The summed E-state index contributed by atoms with van der Waals surface area (Å²) in [6, 6.07) is 15.1. The highest BCUT2D eigenvalue weighted by atomic mass is 19.1. The van der Waals surface area contributed by atoms with Gasteiger partial charge in [0.05, 0.1) is 13.2 Å². The van der Waals surface area contributed by atoms with Crippen LogP contribution < -0.4 is 16.0 Å². The molecule has 1 amide bonds. The first kappa shape index (κ1) is 23.7. The fourth-order valence-corrected chi connectivity index (χ4v) is 4.21. The first-order chi connectivity index (χ1) is 16.5. The molecule has 2 aromatic carbocycles. The summed E-state index contributed by atoms with van der Waals surface area (Å²) < 4.78 is 20.1. The molecule has 6 nitrogen and oxygen atoms in total. The number of carbonyl (C=O) groups is 1. The van der Waals surface area contributed by atoms with Crippen LogP contribution in [0.3, 0.4) is 0 Å². The topological polar surface area (TPSA) is 80.5 Å². The molecular weight excluding hydrogens is 431 g/mol. The molecule has 5 rings (SSSR count). The van der Waals surface area contributed by atoms with Gasteiger partial charge in [0.2, 0.25) is 5.95 Å². The van der Waals surface area contributed by atoms with Crippen molar-refractivity contribution in [3.8, 4) is 22.3 Å². The van der Waals surface area contributed by atoms with E-state index in [4.69, 9.17) is 10.5 Å². The zero-order valence-corrected chi connectivity index (χ0v) is 19.7. The third kappa shape index (κ3) is 5.04. The molecule has 0 unspecified atom stereocenters. The Morgan fingerprint density at radius 3 is 2.38 bits per heavy atom. The normalized spacial score (nSPS) is 15.1. The first-order valence-corrected chi connectivity index (χ1v) is 11.8. The van der Waals surface area contributed by atoms with Crippen molar-refractivity contribution in [1.82, 2.24) is 10.3 Å². The van der Waals surface area contributed by atoms with Gasteiger partial charge in [-0.2, -0.15) is 4.39 Å². The molecule has 34 heavy (non-hydrogen) atoms. The number of anilines is 2. The van der Waals surface area contributed by atoms with Gasteiger partial charge in [-0.3, -0.25) is 4.79 Å². The number of nitrogens with two attached hydrogens (primary N) is 1. The van der Waals surface area contributed by atoms with Crippen LogP contribution >= 0.6 is 0 Å². The number of carbonyl (C=O) groups excluding carboxylic acids is 1. The van der Waals surface area contributed by atoms with Gasteiger partial charge in [-0.05, 0) is 47.4 Å². The zero-order valence-electron chi connectivity index (χ0n) is 19.7. The summed E-state index contributed by atoms with van der Waals surface area (Å²) in [6.45, 7) is 7.97. The summed E-state index contributed by atoms with van der Waals surface area (Å²) in [5.41, 5.74) is 11.4. The van der Waals surface area contributed by atoms with Crippen molar-refractivity contribution in [2.45, 2.75) is 26.7 Å². The molecule has 0 spiro atoms. The third-order valence-electron chi connectivity index (χ3n) is 5.90. The number of amides is 1. The van der Waals surface area contributed by atoms with E-state index in [2.05, 4.69) is 29.0 Å². The monoisotopic (exact) mass is 462 g/mol. The molecular formula is C27H31FN4O2. The van der Waals surface area contributed by atoms with Gasteiger partial charge in [0.25, 0.3) is 5.91 Å². The number of morpholine rings is 1. The van der Waals surface area contributed by atoms with Crippen molar-refractivity contribution >= 4 is 17.4 Å². The number of hydrogen-bond acceptors (Lipinski definition) is 5. The fraction of sp³-hybridized carbons (Fsp3) is 0.333. The Balaban J connectivity index is 0.000000868. The number of halogens is 1. The second-order valence-corrected chi connectivity index (χ2v) is 8.49. The summed E-state index contributed by atoms with van der Waals surface area (Å²) in [7, 11) is 0. The lowest BCUT2D eigenvalue weighted by molar-refractivity contribution is 0.0946. The number of rotatable bonds is 3. The average molecular weight is 463 g/mol. The van der Waals surface area contributed by atoms with Crippen LogP contribution in [0.25, 0.3) is 22.3 Å². The first-order valence-electron chi connectivity index (χ1n) is 11.8. The third-order valence-corrected chi connectivity index (χ3v) is 5.90. The van der Waals surface area contributed by atoms with Crippen LogP contribution in [0.1, 0.15) is 36.2 Å². The molecule has 2 aliphatic rings. The van der Waals surface area contributed by atoms with E-state index >= 15 is 0 Å². The minimum Gasteiger partial charge on any atom is -0.383 e. The highest BCUT2D eigenvalue weighted by Gasteiger charge is 2.19. The summed E-state index contributed by atoms with van der Waals surface area (Å²) in [4.78, 5) is 18.2. The molecule has 3 N–H and O–H groups in total. The predicted octanol–water partition coefficient (Wildman–Crippen LogP) is 4.68. The van der Waals surface area contributed by atoms with Gasteiger partial charge < -0.3 is 20.7 Å². The molecule has 2 aliphatic heterocycles. The smallest absolute Gasteiger partial charge is 0.251 e. The van der Waals surface area contributed by atoms with E-state index in [0.29, 0.717) is 36.4 Å². The molecule has 3 heterocycles. The maximum atomic E-state index is 14.7. The zero-order chi connectivity index (χ0) is 24.1. The highest BCUT2D eigenvalue weighted by molar-refractivity contribution is 5.97. The summed E-state index contributed by atoms with van der Waals surface area (Å²) in [5, 5.41) is 2.84. The van der Waals surface area contributed by atoms with E-state index in [1.54, 1.807) is 12.1 Å². The molecule has 1 saturated heterocycles. The Kier molecular flexibility index (Phi) is 7.43. The van der Waals surface area contributed by atoms with Crippen molar-refractivity contribution in [3.05, 3.63) is 65.6 Å². The number of fused-ring (bicyclic) bond motifs is 1. The molecule has 1 fully saturated rings. The highest BCUT2D eigenvalue weighted by Crippen LogP contribution is 2.34. The lowest BCUT2D eigenvalue weighted by Gasteiger charge is -2.28. The Bertz CT molecular complexity index is 1160. The Morgan fingerprint density at radius 1 is 1.00 bits per heavy atom. The molecule has 0 atom stereocenters. The number of ether oxygens (including phenoxy) is 1. The Morgan fingerprint density at radius 2 is 1.68 bits per heavy atom. The fourth-order valence-electron chi connectivity index (χ4n) is 4.21. The number of benzene rings is 2. The summed E-state index contributed by atoms with van der Waals surface area (Å²) in [5.74, 6) is -0.539. The minimum atomic E-state index is -0.599. The van der Waals surface area contributed by atoms with E-state index < -0.39 is 5.95 Å². The lowest BCUT2D eigenvalue weighted by atomic mass is 9.94. The largest absolute Gasteiger partial charge is 0.383 e. The van der Waals surface area contributed by atoms with Crippen molar-refractivity contribution in [3.63, 3.8) is 0 Å². The standard InChI is InChI=1S/C24H23FN4O2.C3H8/c25-22-20(15-1-4-18(5-2-15)29-9-11-31-12-10-29)14-21(23(26)28-22)16-3-6-19-17(13-16)7-8-27-24(19)30;1-3-2/h1-6,13-14H,7-12H2,(H2,26,28)(H,27,30);3H2,1-2H3. The number of nitrogens with one attached hydrogen (secondary N) is 1. The SMILES string of the molecule is CCC.Nc1nc(F)c(-c2ccc(N3CCOCC3)cc2)cc1-c1ccc2c(c1)CCNC2=O. The quantitative estimate of drug-likeness (QED) is 0.553. The van der Waals surface area contributed by atoms with Crippen molar-refractivity contribution < 1.29 is 13.9 Å². The van der Waals surface area contributed by atoms with E-state index in [-0.39, 0.29) is 11.7 Å². The van der Waals surface area contributed by atoms with E-state index in [0.717, 1.165) is 41.9 Å². The van der Waals surface area contributed by atoms with Gasteiger partial charge in [0.15, 0.2) is 0 Å². The van der Waals surface area contributed by atoms with Crippen molar-refractivity contribution in [2.75, 3.05) is 43.5 Å². The van der Waals surface area contributed by atoms with E-state index in [1.165, 1.54) is 6.42 Å². The molecule has 178 valence electrons. The van der Waals surface area contributed by atoms with Gasteiger partial charge in [-0.15, -0.1) is 0 Å². The second-order valence-electron chi connectivity index (χ2n) is 8.49. The van der Waals surface area contributed by atoms with Gasteiger partial charge >= 0.3 is 0 Å². The van der Waals surface area contributed by atoms with Crippen molar-refractivity contribution in [2.24, 2.45) is 0 Å². The van der Waals surface area contributed by atoms with E-state index in [9.17, 15) is 9.18 Å². The molecule has 0 radical (unpaired) electrons. The molecule has 3 aromatic rings. The molecule has 1 aromatic heterocycles. The van der Waals surface area contributed by atoms with Crippen LogP contribution in [0.2, 0.25) is 0 Å². The number of aromatic nitrogens is 1. The van der Waals surface area contributed by atoms with Crippen LogP contribution in [0, 0.1) is 5.95 Å². The minimum absolute atomic E-state index is 0.0703. The summed E-state index contributed by atoms with van der Waals surface area (Å²) in [6.07, 6.45) is 2.00. The Hall–Kier alpha value is -3.45. The van der Waals surface area contributed by atoms with Gasteiger partial charge in [0.1, 0.15) is 5.82 Å². The van der Waals surface area contributed by atoms with Crippen LogP contribution in [0.4, 0.5) is 15.9 Å².